The van der Waals surface area contributed by atoms with Crippen LogP contribution in [-0.4, -0.2) is 23.7 Å². The summed E-state index contributed by atoms with van der Waals surface area (Å²) in [7, 11) is -3.72. The summed E-state index contributed by atoms with van der Waals surface area (Å²) < 4.78 is 33.4. The zero-order valence-corrected chi connectivity index (χ0v) is 16.3. The summed E-state index contributed by atoms with van der Waals surface area (Å²) >= 11 is 5.91. The topological polar surface area (TPSA) is 87.2 Å². The van der Waals surface area contributed by atoms with Crippen LogP contribution < -0.4 is 0 Å². The zero-order valence-electron chi connectivity index (χ0n) is 14.7. The number of benzene rings is 2. The molecule has 1 fully saturated rings. The molecule has 1 aliphatic rings. The second-order valence-corrected chi connectivity index (χ2v) is 8.87. The maximum absolute atomic E-state index is 13.1. The molecule has 6 nitrogen and oxygen atoms in total. The van der Waals surface area contributed by atoms with Gasteiger partial charge >= 0.3 is 0 Å². The number of hydrogen-bond donors (Lipinski definition) is 0. The van der Waals surface area contributed by atoms with E-state index in [9.17, 15) is 8.42 Å². The summed E-state index contributed by atoms with van der Waals surface area (Å²) in [6, 6.07) is 15.0. The van der Waals surface area contributed by atoms with Crippen molar-refractivity contribution in [3.63, 3.8) is 0 Å². The van der Waals surface area contributed by atoms with E-state index in [1.807, 2.05) is 18.2 Å². The van der Waals surface area contributed by atoms with Crippen LogP contribution in [0.4, 0.5) is 0 Å². The number of aromatic nitrogens is 1. The van der Waals surface area contributed by atoms with E-state index in [-0.39, 0.29) is 17.5 Å². The largest absolute Gasteiger partial charge is 0.439 e. The molecule has 1 saturated carbocycles. The molecule has 0 amide bonds. The lowest BCUT2D eigenvalue weighted by Gasteiger charge is -2.20. The molecule has 0 unspecified atom stereocenters. The van der Waals surface area contributed by atoms with Crippen molar-refractivity contribution in [3.05, 3.63) is 71.2 Å². The molecule has 4 rings (SSSR count). The average molecular weight is 414 g/mol. The highest BCUT2D eigenvalue weighted by Gasteiger charge is 2.39. The van der Waals surface area contributed by atoms with E-state index in [2.05, 4.69) is 4.98 Å². The first-order valence-electron chi connectivity index (χ1n) is 8.70. The minimum atomic E-state index is -3.72. The number of nitriles is 1. The highest BCUT2D eigenvalue weighted by atomic mass is 35.5. The highest BCUT2D eigenvalue weighted by molar-refractivity contribution is 7.89. The van der Waals surface area contributed by atoms with Gasteiger partial charge in [-0.3, -0.25) is 0 Å². The van der Waals surface area contributed by atoms with Crippen LogP contribution in [0.25, 0.3) is 11.3 Å². The summed E-state index contributed by atoms with van der Waals surface area (Å²) in [5.41, 5.74) is 1.23. The van der Waals surface area contributed by atoms with E-state index in [0.717, 1.165) is 18.4 Å². The van der Waals surface area contributed by atoms with Crippen molar-refractivity contribution < 1.29 is 12.8 Å². The SMILES string of the molecule is N#Cc1ccc(S(=O)(=O)N(Cc2ncc(-c3ccc(Cl)cc3)o2)C2CC2)cc1. The van der Waals surface area contributed by atoms with Crippen LogP contribution in [0, 0.1) is 11.3 Å². The standard InChI is InChI=1S/C20H16ClN3O3S/c21-16-5-3-15(4-6-16)19-12-23-20(27-19)13-24(17-7-8-17)28(25,26)18-9-1-14(11-22)2-10-18/h1-6,9-10,12,17H,7-8,13H2. The summed E-state index contributed by atoms with van der Waals surface area (Å²) in [5.74, 6) is 0.882. The summed E-state index contributed by atoms with van der Waals surface area (Å²) in [4.78, 5) is 4.41. The van der Waals surface area contributed by atoms with Gasteiger partial charge in [-0.25, -0.2) is 13.4 Å². The Balaban J connectivity index is 1.59. The maximum Gasteiger partial charge on any atom is 0.243 e. The normalized spacial score (nSPS) is 14.2. The van der Waals surface area contributed by atoms with E-state index in [0.29, 0.717) is 22.2 Å². The fourth-order valence-electron chi connectivity index (χ4n) is 2.87. The van der Waals surface area contributed by atoms with E-state index in [4.69, 9.17) is 21.3 Å². The van der Waals surface area contributed by atoms with Crippen molar-refractivity contribution in [1.82, 2.24) is 9.29 Å². The predicted octanol–water partition coefficient (Wildman–Crippen LogP) is 4.22. The minimum Gasteiger partial charge on any atom is -0.439 e. The third kappa shape index (κ3) is 3.80. The molecule has 0 spiro atoms. The Bertz CT molecular complexity index is 1130. The second kappa shape index (κ2) is 7.40. The molecule has 8 heteroatoms. The minimum absolute atomic E-state index is 0.0561. The third-order valence-corrected chi connectivity index (χ3v) is 6.68. The average Bonchev–Trinajstić information content (AvgIpc) is 3.44. The maximum atomic E-state index is 13.1. The molecule has 1 heterocycles. The van der Waals surface area contributed by atoms with Crippen molar-refractivity contribution in [3.8, 4) is 17.4 Å². The molecular weight excluding hydrogens is 398 g/mol. The number of nitrogens with zero attached hydrogens (tertiary/aromatic N) is 3. The molecule has 1 aromatic heterocycles. The smallest absolute Gasteiger partial charge is 0.243 e. The summed E-state index contributed by atoms with van der Waals surface area (Å²) in [6.45, 7) is 0.0561. The van der Waals surface area contributed by atoms with Crippen LogP contribution in [-0.2, 0) is 16.6 Å². The number of oxazole rings is 1. The monoisotopic (exact) mass is 413 g/mol. The van der Waals surface area contributed by atoms with Crippen molar-refractivity contribution >= 4 is 21.6 Å². The Morgan fingerprint density at radius 2 is 1.82 bits per heavy atom. The van der Waals surface area contributed by atoms with Crippen LogP contribution in [0.2, 0.25) is 5.02 Å². The third-order valence-electron chi connectivity index (χ3n) is 4.52. The van der Waals surface area contributed by atoms with Gasteiger partial charge in [-0.1, -0.05) is 11.6 Å². The Morgan fingerprint density at radius 1 is 1.14 bits per heavy atom. The van der Waals surface area contributed by atoms with Crippen molar-refractivity contribution in [2.45, 2.75) is 30.3 Å². The van der Waals surface area contributed by atoms with Gasteiger partial charge in [0.1, 0.15) is 0 Å². The molecule has 0 atom stereocenters. The van der Waals surface area contributed by atoms with Crippen LogP contribution in [0.3, 0.4) is 0 Å². The molecule has 0 bridgehead atoms. The van der Waals surface area contributed by atoms with Crippen molar-refractivity contribution in [2.75, 3.05) is 0 Å². The van der Waals surface area contributed by atoms with Gasteiger partial charge in [0.2, 0.25) is 15.9 Å². The van der Waals surface area contributed by atoms with Gasteiger partial charge in [0.05, 0.1) is 29.3 Å². The molecule has 0 aliphatic heterocycles. The summed E-state index contributed by atoms with van der Waals surface area (Å²) in [5, 5.41) is 9.53. The van der Waals surface area contributed by atoms with Crippen molar-refractivity contribution in [1.29, 1.82) is 5.26 Å². The second-order valence-electron chi connectivity index (χ2n) is 6.54. The molecule has 1 aliphatic carbocycles. The molecule has 3 aromatic rings. The fourth-order valence-corrected chi connectivity index (χ4v) is 4.63. The Kier molecular flexibility index (Phi) is 4.94. The Labute approximate surface area is 168 Å². The number of hydrogen-bond acceptors (Lipinski definition) is 5. The predicted molar refractivity (Wildman–Crippen MR) is 104 cm³/mol. The van der Waals surface area contributed by atoms with Gasteiger partial charge in [0.25, 0.3) is 0 Å². The lowest BCUT2D eigenvalue weighted by atomic mass is 10.2. The van der Waals surface area contributed by atoms with Gasteiger partial charge in [0.15, 0.2) is 5.76 Å². The van der Waals surface area contributed by atoms with Gasteiger partial charge in [0, 0.05) is 16.6 Å². The molecule has 0 N–H and O–H groups in total. The summed E-state index contributed by atoms with van der Waals surface area (Å²) in [6.07, 6.45) is 3.19. The highest BCUT2D eigenvalue weighted by Crippen LogP contribution is 2.34. The molecule has 142 valence electrons. The van der Waals surface area contributed by atoms with Gasteiger partial charge < -0.3 is 4.42 Å². The first-order valence-corrected chi connectivity index (χ1v) is 10.5. The van der Waals surface area contributed by atoms with Crippen molar-refractivity contribution in [2.24, 2.45) is 0 Å². The number of halogens is 1. The quantitative estimate of drug-likeness (QED) is 0.603. The number of sulfonamides is 1. The molecule has 28 heavy (non-hydrogen) atoms. The van der Waals surface area contributed by atoms with Crippen LogP contribution in [0.1, 0.15) is 24.3 Å². The first-order chi connectivity index (χ1) is 13.5. The van der Waals surface area contributed by atoms with E-state index >= 15 is 0 Å². The zero-order chi connectivity index (χ0) is 19.7. The van der Waals surface area contributed by atoms with Gasteiger partial charge in [-0.2, -0.15) is 9.57 Å². The van der Waals surface area contributed by atoms with Gasteiger partial charge in [-0.15, -0.1) is 0 Å². The van der Waals surface area contributed by atoms with Crippen LogP contribution >= 0.6 is 11.6 Å². The van der Waals surface area contributed by atoms with E-state index in [1.165, 1.54) is 28.6 Å². The fraction of sp³-hybridized carbons (Fsp3) is 0.200. The Hall–Kier alpha value is -2.66. The van der Waals surface area contributed by atoms with Crippen LogP contribution in [0.5, 0.6) is 0 Å². The lowest BCUT2D eigenvalue weighted by Crippen LogP contribution is -2.32. The first kappa shape index (κ1) is 18.7. The van der Waals surface area contributed by atoms with Gasteiger partial charge in [-0.05, 0) is 61.4 Å². The molecule has 2 aromatic carbocycles. The molecule has 0 radical (unpaired) electrons. The Morgan fingerprint density at radius 3 is 2.43 bits per heavy atom. The molecular formula is C20H16ClN3O3S. The lowest BCUT2D eigenvalue weighted by molar-refractivity contribution is 0.351. The van der Waals surface area contributed by atoms with E-state index in [1.54, 1.807) is 18.3 Å². The van der Waals surface area contributed by atoms with Crippen LogP contribution in [0.15, 0.2) is 64.0 Å². The molecule has 0 saturated heterocycles. The number of rotatable bonds is 6. The van der Waals surface area contributed by atoms with E-state index < -0.39 is 10.0 Å².